The summed E-state index contributed by atoms with van der Waals surface area (Å²) in [7, 11) is 1.64. The maximum atomic E-state index is 13.3. The van der Waals surface area contributed by atoms with Crippen LogP contribution in [-0.2, 0) is 17.8 Å². The predicted molar refractivity (Wildman–Crippen MR) is 109 cm³/mol. The number of carbonyl (C=O) groups is 1. The number of methoxy groups -OCH3 is 1. The van der Waals surface area contributed by atoms with Gasteiger partial charge in [0, 0.05) is 29.8 Å². The molecule has 0 saturated heterocycles. The van der Waals surface area contributed by atoms with Gasteiger partial charge in [-0.15, -0.1) is 11.3 Å². The number of hydrogen-bond donors (Lipinski definition) is 1. The van der Waals surface area contributed by atoms with Gasteiger partial charge < -0.3 is 10.5 Å². The average Bonchev–Trinajstić information content (AvgIpc) is 2.96. The highest BCUT2D eigenvalue weighted by molar-refractivity contribution is 7.19. The number of nitrogens with two attached hydrogens (primary N) is 1. The third-order valence-corrected chi connectivity index (χ3v) is 5.65. The number of ether oxygens (including phenoxy) is 1. The number of aromatic nitrogens is 2. The second kappa shape index (κ2) is 7.52. The molecule has 0 unspecified atom stereocenters. The Bertz CT molecular complexity index is 1080. The average molecular weight is 385 g/mol. The molecule has 3 rings (SSSR count). The number of carbonyl (C=O) groups excluding carboxylic acids is 1. The van der Waals surface area contributed by atoms with Crippen LogP contribution < -0.4 is 16.0 Å². The van der Waals surface area contributed by atoms with Crippen LogP contribution in [0, 0.1) is 13.8 Å². The molecule has 0 saturated carbocycles. The van der Waals surface area contributed by atoms with Crippen LogP contribution >= 0.6 is 11.3 Å². The number of benzene rings is 1. The van der Waals surface area contributed by atoms with Crippen molar-refractivity contribution in [2.75, 3.05) is 7.11 Å². The van der Waals surface area contributed by atoms with E-state index in [0.29, 0.717) is 17.6 Å². The van der Waals surface area contributed by atoms with E-state index in [-0.39, 0.29) is 18.5 Å². The van der Waals surface area contributed by atoms with E-state index in [1.54, 1.807) is 11.7 Å². The number of thiophene rings is 1. The quantitative estimate of drug-likeness (QED) is 0.706. The van der Waals surface area contributed by atoms with Crippen molar-refractivity contribution in [2.45, 2.75) is 40.2 Å². The zero-order chi connectivity index (χ0) is 19.7. The first-order chi connectivity index (χ1) is 12.9. The SMILES string of the molecule is CCc1nc2sc(C)c(-c3ccc(OC)c(C)c3)c2c(=O)n1CCC(N)=O. The highest BCUT2D eigenvalue weighted by atomic mass is 32.1. The zero-order valence-electron chi connectivity index (χ0n) is 16.0. The lowest BCUT2D eigenvalue weighted by molar-refractivity contribution is -0.118. The van der Waals surface area contributed by atoms with E-state index in [1.165, 1.54) is 11.3 Å². The van der Waals surface area contributed by atoms with Gasteiger partial charge in [-0.25, -0.2) is 4.98 Å². The molecule has 2 heterocycles. The molecule has 0 atom stereocenters. The number of rotatable bonds is 6. The topological polar surface area (TPSA) is 87.2 Å². The van der Waals surface area contributed by atoms with Crippen molar-refractivity contribution < 1.29 is 9.53 Å². The minimum Gasteiger partial charge on any atom is -0.496 e. The van der Waals surface area contributed by atoms with Crippen LogP contribution in [0.3, 0.4) is 0 Å². The molecule has 142 valence electrons. The normalized spacial score (nSPS) is 11.1. The fourth-order valence-electron chi connectivity index (χ4n) is 3.34. The first-order valence-corrected chi connectivity index (χ1v) is 9.65. The highest BCUT2D eigenvalue weighted by Crippen LogP contribution is 2.37. The molecule has 1 amide bonds. The van der Waals surface area contributed by atoms with Crippen molar-refractivity contribution in [3.05, 3.63) is 44.8 Å². The van der Waals surface area contributed by atoms with Gasteiger partial charge in [-0.1, -0.05) is 13.0 Å². The van der Waals surface area contributed by atoms with Gasteiger partial charge in [0.2, 0.25) is 5.91 Å². The Morgan fingerprint density at radius 2 is 2.07 bits per heavy atom. The first-order valence-electron chi connectivity index (χ1n) is 8.83. The van der Waals surface area contributed by atoms with Crippen molar-refractivity contribution in [1.29, 1.82) is 0 Å². The summed E-state index contributed by atoms with van der Waals surface area (Å²) >= 11 is 1.52. The molecule has 1 aromatic carbocycles. The van der Waals surface area contributed by atoms with E-state index < -0.39 is 5.91 Å². The third-order valence-electron chi connectivity index (χ3n) is 4.65. The molecule has 0 radical (unpaired) electrons. The Morgan fingerprint density at radius 1 is 1.33 bits per heavy atom. The molecule has 7 heteroatoms. The second-order valence-corrected chi connectivity index (χ2v) is 7.66. The Hall–Kier alpha value is -2.67. The van der Waals surface area contributed by atoms with E-state index in [1.807, 2.05) is 39.0 Å². The number of amides is 1. The van der Waals surface area contributed by atoms with Crippen LogP contribution in [0.25, 0.3) is 21.3 Å². The summed E-state index contributed by atoms with van der Waals surface area (Å²) in [6, 6.07) is 5.89. The monoisotopic (exact) mass is 385 g/mol. The lowest BCUT2D eigenvalue weighted by atomic mass is 10.0. The summed E-state index contributed by atoms with van der Waals surface area (Å²) in [6.07, 6.45) is 0.720. The van der Waals surface area contributed by atoms with Crippen molar-refractivity contribution in [2.24, 2.45) is 5.73 Å². The predicted octanol–water partition coefficient (Wildman–Crippen LogP) is 3.19. The molecular weight excluding hydrogens is 362 g/mol. The Labute approximate surface area is 161 Å². The molecule has 2 N–H and O–H groups in total. The van der Waals surface area contributed by atoms with Crippen LogP contribution in [0.15, 0.2) is 23.0 Å². The van der Waals surface area contributed by atoms with Crippen molar-refractivity contribution >= 4 is 27.5 Å². The lowest BCUT2D eigenvalue weighted by Gasteiger charge is -2.11. The van der Waals surface area contributed by atoms with Gasteiger partial charge >= 0.3 is 0 Å². The Morgan fingerprint density at radius 3 is 2.67 bits per heavy atom. The van der Waals surface area contributed by atoms with Gasteiger partial charge in [0.15, 0.2) is 0 Å². The highest BCUT2D eigenvalue weighted by Gasteiger charge is 2.20. The number of fused-ring (bicyclic) bond motifs is 1. The van der Waals surface area contributed by atoms with Crippen molar-refractivity contribution in [3.8, 4) is 16.9 Å². The van der Waals surface area contributed by atoms with Gasteiger partial charge in [-0.05, 0) is 37.1 Å². The number of hydrogen-bond acceptors (Lipinski definition) is 5. The molecule has 0 aliphatic rings. The number of primary amides is 1. The molecule has 0 spiro atoms. The summed E-state index contributed by atoms with van der Waals surface area (Å²) in [6.45, 7) is 6.17. The van der Waals surface area contributed by atoms with E-state index >= 15 is 0 Å². The zero-order valence-corrected chi connectivity index (χ0v) is 16.8. The summed E-state index contributed by atoms with van der Waals surface area (Å²) in [4.78, 5) is 31.0. The van der Waals surface area contributed by atoms with Crippen LogP contribution in [0.4, 0.5) is 0 Å². The molecule has 27 heavy (non-hydrogen) atoms. The van der Waals surface area contributed by atoms with E-state index in [2.05, 4.69) is 0 Å². The van der Waals surface area contributed by atoms with Gasteiger partial charge in [-0.2, -0.15) is 0 Å². The van der Waals surface area contributed by atoms with Gasteiger partial charge in [0.05, 0.1) is 12.5 Å². The standard InChI is InChI=1S/C20H23N3O3S/c1-5-16-22-19-18(20(25)23(16)9-8-15(21)24)17(12(3)27-19)13-6-7-14(26-4)11(2)10-13/h6-7,10H,5,8-9H2,1-4H3,(H2,21,24). The number of nitrogens with zero attached hydrogens (tertiary/aromatic N) is 2. The van der Waals surface area contributed by atoms with Crippen LogP contribution in [0.2, 0.25) is 0 Å². The molecule has 0 fully saturated rings. The smallest absolute Gasteiger partial charge is 0.262 e. The fourth-order valence-corrected chi connectivity index (χ4v) is 4.40. The summed E-state index contributed by atoms with van der Waals surface area (Å²) in [5, 5.41) is 0.601. The van der Waals surface area contributed by atoms with Crippen LogP contribution in [-0.4, -0.2) is 22.6 Å². The molecular formula is C20H23N3O3S. The molecule has 2 aromatic heterocycles. The molecule has 0 aliphatic carbocycles. The second-order valence-electron chi connectivity index (χ2n) is 6.45. The summed E-state index contributed by atoms with van der Waals surface area (Å²) in [5.41, 5.74) is 8.02. The van der Waals surface area contributed by atoms with E-state index in [9.17, 15) is 9.59 Å². The largest absolute Gasteiger partial charge is 0.496 e. The lowest BCUT2D eigenvalue weighted by Crippen LogP contribution is -2.27. The summed E-state index contributed by atoms with van der Waals surface area (Å²) < 4.78 is 6.93. The minimum atomic E-state index is -0.434. The van der Waals surface area contributed by atoms with Gasteiger partial charge in [0.1, 0.15) is 16.4 Å². The molecule has 0 bridgehead atoms. The van der Waals surface area contributed by atoms with Gasteiger partial charge in [0.25, 0.3) is 5.56 Å². The minimum absolute atomic E-state index is 0.111. The van der Waals surface area contributed by atoms with Crippen molar-refractivity contribution in [1.82, 2.24) is 9.55 Å². The maximum absolute atomic E-state index is 13.3. The van der Waals surface area contributed by atoms with Gasteiger partial charge in [-0.3, -0.25) is 14.2 Å². The molecule has 3 aromatic rings. The van der Waals surface area contributed by atoms with E-state index in [4.69, 9.17) is 15.5 Å². The Balaban J connectivity index is 2.26. The molecule has 6 nitrogen and oxygen atoms in total. The molecule has 0 aliphatic heterocycles. The van der Waals surface area contributed by atoms with E-state index in [0.717, 1.165) is 32.1 Å². The van der Waals surface area contributed by atoms with Crippen molar-refractivity contribution in [3.63, 3.8) is 0 Å². The van der Waals surface area contributed by atoms with Crippen LogP contribution in [0.5, 0.6) is 5.75 Å². The fraction of sp³-hybridized carbons (Fsp3) is 0.350. The Kier molecular flexibility index (Phi) is 5.32. The summed E-state index contributed by atoms with van der Waals surface area (Å²) in [5.74, 6) is 1.05. The first kappa shape index (κ1) is 19.1. The third kappa shape index (κ3) is 3.47. The van der Waals surface area contributed by atoms with Crippen LogP contribution in [0.1, 0.15) is 29.6 Å². The number of aryl methyl sites for hydroxylation is 3. The maximum Gasteiger partial charge on any atom is 0.262 e.